The minimum Gasteiger partial charge on any atom is -0.424 e. The number of carbonyl (C=O) groups is 1. The molecule has 8 heteroatoms. The van der Waals surface area contributed by atoms with E-state index in [1.165, 1.54) is 6.07 Å². The van der Waals surface area contributed by atoms with Crippen molar-refractivity contribution >= 4 is 29.2 Å². The molecule has 1 saturated carbocycles. The van der Waals surface area contributed by atoms with Crippen LogP contribution in [-0.4, -0.2) is 15.9 Å². The molecule has 4 rings (SSSR count). The number of nitrogens with zero attached hydrogens (tertiary/aromatic N) is 4. The van der Waals surface area contributed by atoms with Gasteiger partial charge in [0, 0.05) is 10.9 Å². The van der Waals surface area contributed by atoms with Crippen molar-refractivity contribution in [1.82, 2.24) is 9.97 Å². The van der Waals surface area contributed by atoms with E-state index in [-0.39, 0.29) is 28.1 Å². The lowest BCUT2D eigenvalue weighted by molar-refractivity contribution is -0.144. The molecule has 1 aromatic heterocycles. The van der Waals surface area contributed by atoms with E-state index >= 15 is 0 Å². The molecule has 28 heavy (non-hydrogen) atoms. The standard InChI is InChI=1S/C20H14Cl2N4O2/c1-19(2)11-5-6-20(19,17-16(11)25-13(8-23)14(9-24)26-17)18(27)28-15-4-3-10(21)7-12(15)22/h3-4,7,11H,5-6H2,1-2H3. The number of ether oxygens (including phenoxy) is 1. The summed E-state index contributed by atoms with van der Waals surface area (Å²) in [6.07, 6.45) is 1.24. The first-order chi connectivity index (χ1) is 13.3. The molecular weight excluding hydrogens is 399 g/mol. The highest BCUT2D eigenvalue weighted by atomic mass is 35.5. The number of hydrogen-bond acceptors (Lipinski definition) is 6. The minimum atomic E-state index is -1.07. The summed E-state index contributed by atoms with van der Waals surface area (Å²) >= 11 is 12.1. The Morgan fingerprint density at radius 2 is 1.89 bits per heavy atom. The Balaban J connectivity index is 1.85. The smallest absolute Gasteiger partial charge is 0.324 e. The second-order valence-electron chi connectivity index (χ2n) is 7.56. The molecular formula is C20H14Cl2N4O2. The maximum atomic E-state index is 13.4. The topological polar surface area (TPSA) is 99.7 Å². The van der Waals surface area contributed by atoms with Crippen molar-refractivity contribution in [3.63, 3.8) is 0 Å². The van der Waals surface area contributed by atoms with Crippen LogP contribution in [0.4, 0.5) is 0 Å². The summed E-state index contributed by atoms with van der Waals surface area (Å²) in [4.78, 5) is 22.2. The first-order valence-corrected chi connectivity index (χ1v) is 9.42. The molecule has 1 fully saturated rings. The molecule has 0 N–H and O–H groups in total. The Morgan fingerprint density at radius 3 is 2.54 bits per heavy atom. The van der Waals surface area contributed by atoms with Gasteiger partial charge in [0.25, 0.3) is 0 Å². The summed E-state index contributed by atoms with van der Waals surface area (Å²) < 4.78 is 5.68. The number of aromatic nitrogens is 2. The van der Waals surface area contributed by atoms with Crippen molar-refractivity contribution in [3.05, 3.63) is 51.0 Å². The Kier molecular flexibility index (Phi) is 4.12. The van der Waals surface area contributed by atoms with E-state index in [4.69, 9.17) is 27.9 Å². The molecule has 6 nitrogen and oxygen atoms in total. The van der Waals surface area contributed by atoms with Crippen LogP contribution in [0.5, 0.6) is 5.75 Å². The number of rotatable bonds is 2. The number of fused-ring (bicyclic) bond motifs is 5. The number of benzene rings is 1. The van der Waals surface area contributed by atoms with E-state index in [2.05, 4.69) is 9.97 Å². The Morgan fingerprint density at radius 1 is 1.21 bits per heavy atom. The fourth-order valence-electron chi connectivity index (χ4n) is 4.61. The minimum absolute atomic E-state index is 0.0196. The molecule has 2 aromatic rings. The van der Waals surface area contributed by atoms with E-state index in [1.54, 1.807) is 12.1 Å². The predicted molar refractivity (Wildman–Crippen MR) is 101 cm³/mol. The fourth-order valence-corrected chi connectivity index (χ4v) is 5.06. The second kappa shape index (κ2) is 6.17. The fraction of sp³-hybridized carbons (Fsp3) is 0.350. The molecule has 0 saturated heterocycles. The van der Waals surface area contributed by atoms with Gasteiger partial charge in [-0.05, 0) is 36.5 Å². The first kappa shape index (κ1) is 18.7. The van der Waals surface area contributed by atoms with E-state index in [9.17, 15) is 15.3 Å². The highest BCUT2D eigenvalue weighted by Crippen LogP contribution is 2.67. The lowest BCUT2D eigenvalue weighted by atomic mass is 9.68. The van der Waals surface area contributed by atoms with Crippen LogP contribution in [0.25, 0.3) is 0 Å². The van der Waals surface area contributed by atoms with Gasteiger partial charge >= 0.3 is 5.97 Å². The Hall–Kier alpha value is -2.67. The number of carbonyl (C=O) groups excluding carboxylic acids is 1. The van der Waals surface area contributed by atoms with Gasteiger partial charge in [-0.1, -0.05) is 37.0 Å². The zero-order valence-corrected chi connectivity index (χ0v) is 16.6. The van der Waals surface area contributed by atoms with Crippen molar-refractivity contribution in [1.29, 1.82) is 10.5 Å². The van der Waals surface area contributed by atoms with Gasteiger partial charge in [0.2, 0.25) is 0 Å². The molecule has 1 heterocycles. The van der Waals surface area contributed by atoms with Gasteiger partial charge < -0.3 is 4.74 Å². The van der Waals surface area contributed by atoms with Gasteiger partial charge in [-0.2, -0.15) is 10.5 Å². The normalized spacial score (nSPS) is 23.6. The molecule has 2 bridgehead atoms. The van der Waals surface area contributed by atoms with Crippen LogP contribution in [0.15, 0.2) is 18.2 Å². The van der Waals surface area contributed by atoms with Crippen LogP contribution in [0.3, 0.4) is 0 Å². The first-order valence-electron chi connectivity index (χ1n) is 8.66. The van der Waals surface area contributed by atoms with Crippen molar-refractivity contribution in [3.8, 4) is 17.9 Å². The van der Waals surface area contributed by atoms with E-state index in [0.717, 1.165) is 6.42 Å². The average Bonchev–Trinajstić information content (AvgIpc) is 3.04. The van der Waals surface area contributed by atoms with Crippen molar-refractivity contribution in [2.75, 3.05) is 0 Å². The SMILES string of the molecule is CC1(C)C2CCC1(C(=O)Oc1ccc(Cl)cc1Cl)c1nc(C#N)c(C#N)nc12. The summed E-state index contributed by atoms with van der Waals surface area (Å²) in [5, 5.41) is 19.3. The average molecular weight is 413 g/mol. The molecule has 2 unspecified atom stereocenters. The van der Waals surface area contributed by atoms with Crippen LogP contribution in [0.2, 0.25) is 10.0 Å². The van der Waals surface area contributed by atoms with E-state index < -0.39 is 16.8 Å². The van der Waals surface area contributed by atoms with Gasteiger partial charge in [-0.25, -0.2) is 9.97 Å². The third-order valence-corrected chi connectivity index (χ3v) is 6.62. The molecule has 140 valence electrons. The Bertz CT molecular complexity index is 1120. The van der Waals surface area contributed by atoms with Crippen molar-refractivity contribution in [2.24, 2.45) is 5.41 Å². The van der Waals surface area contributed by atoms with Crippen LogP contribution >= 0.6 is 23.2 Å². The Labute approximate surface area is 171 Å². The maximum absolute atomic E-state index is 13.4. The number of esters is 1. The molecule has 0 amide bonds. The molecule has 2 atom stereocenters. The monoisotopic (exact) mass is 412 g/mol. The van der Waals surface area contributed by atoms with Gasteiger partial charge in [-0.15, -0.1) is 0 Å². The van der Waals surface area contributed by atoms with E-state index in [1.807, 2.05) is 26.0 Å². The molecule has 0 spiro atoms. The maximum Gasteiger partial charge on any atom is 0.324 e. The largest absolute Gasteiger partial charge is 0.424 e. The van der Waals surface area contributed by atoms with Crippen LogP contribution in [0, 0.1) is 28.1 Å². The summed E-state index contributed by atoms with van der Waals surface area (Å²) in [5.74, 6) is -0.339. The quantitative estimate of drug-likeness (QED) is 0.538. The van der Waals surface area contributed by atoms with E-state index in [0.29, 0.717) is 22.8 Å². The van der Waals surface area contributed by atoms with Gasteiger partial charge in [-0.3, -0.25) is 4.79 Å². The number of halogens is 2. The third kappa shape index (κ3) is 2.29. The third-order valence-electron chi connectivity index (χ3n) is 6.09. The zero-order chi connectivity index (χ0) is 20.3. The van der Waals surface area contributed by atoms with Gasteiger partial charge in [0.1, 0.15) is 23.3 Å². The zero-order valence-electron chi connectivity index (χ0n) is 15.1. The molecule has 1 aromatic carbocycles. The number of hydrogen-bond donors (Lipinski definition) is 0. The number of nitriles is 2. The predicted octanol–water partition coefficient (Wildman–Crippen LogP) is 4.29. The lowest BCUT2D eigenvalue weighted by Crippen LogP contribution is -2.46. The molecule has 0 radical (unpaired) electrons. The summed E-state index contributed by atoms with van der Waals surface area (Å²) in [7, 11) is 0. The molecule has 2 aliphatic rings. The van der Waals surface area contributed by atoms with Crippen molar-refractivity contribution < 1.29 is 9.53 Å². The summed E-state index contributed by atoms with van der Waals surface area (Å²) in [5.41, 5.74) is -0.671. The van der Waals surface area contributed by atoms with Crippen LogP contribution in [0.1, 0.15) is 55.4 Å². The molecule has 2 aliphatic carbocycles. The van der Waals surface area contributed by atoms with Crippen molar-refractivity contribution in [2.45, 2.75) is 38.0 Å². The second-order valence-corrected chi connectivity index (χ2v) is 8.40. The van der Waals surface area contributed by atoms with Crippen LogP contribution in [-0.2, 0) is 10.2 Å². The summed E-state index contributed by atoms with van der Waals surface area (Å²) in [6, 6.07) is 8.45. The van der Waals surface area contributed by atoms with Crippen LogP contribution < -0.4 is 4.74 Å². The highest BCUT2D eigenvalue weighted by molar-refractivity contribution is 6.35. The highest BCUT2D eigenvalue weighted by Gasteiger charge is 2.69. The lowest BCUT2D eigenvalue weighted by Gasteiger charge is -2.35. The summed E-state index contributed by atoms with van der Waals surface area (Å²) in [6.45, 7) is 3.94. The van der Waals surface area contributed by atoms with Gasteiger partial charge in [0.15, 0.2) is 11.4 Å². The molecule has 0 aliphatic heterocycles. The van der Waals surface area contributed by atoms with Gasteiger partial charge in [0.05, 0.1) is 16.4 Å².